The molecule has 0 aliphatic carbocycles. The van der Waals surface area contributed by atoms with Crippen LogP contribution in [-0.4, -0.2) is 24.5 Å². The molecule has 2 N–H and O–H groups in total. The monoisotopic (exact) mass is 156 g/mol. The predicted molar refractivity (Wildman–Crippen MR) is 50.3 cm³/mol. The molecule has 0 atom stereocenters. The highest BCUT2D eigenvalue weighted by atomic mass is 15.1. The molecule has 0 heterocycles. The second kappa shape index (κ2) is 6.23. The maximum atomic E-state index is 5.36. The summed E-state index contributed by atoms with van der Waals surface area (Å²) in [6.45, 7) is 9.84. The van der Waals surface area contributed by atoms with Gasteiger partial charge in [-0.3, -0.25) is 0 Å². The largest absolute Gasteiger partial charge is 0.405 e. The van der Waals surface area contributed by atoms with E-state index in [1.54, 1.807) is 6.20 Å². The lowest BCUT2D eigenvalue weighted by Gasteiger charge is -2.17. The van der Waals surface area contributed by atoms with Gasteiger partial charge in [0, 0.05) is 6.54 Å². The van der Waals surface area contributed by atoms with Gasteiger partial charge in [-0.25, -0.2) is 0 Å². The van der Waals surface area contributed by atoms with Crippen molar-refractivity contribution >= 4 is 0 Å². The summed E-state index contributed by atoms with van der Waals surface area (Å²) in [5.74, 6) is 0. The molecule has 2 heteroatoms. The van der Waals surface area contributed by atoms with Crippen LogP contribution in [0.1, 0.15) is 27.2 Å². The van der Waals surface area contributed by atoms with Crippen LogP contribution in [0.25, 0.3) is 0 Å². The average Bonchev–Trinajstić information content (AvgIpc) is 2.06. The molecule has 0 saturated heterocycles. The van der Waals surface area contributed by atoms with Crippen molar-refractivity contribution in [2.24, 2.45) is 5.73 Å². The molecule has 0 aliphatic rings. The predicted octanol–water partition coefficient (Wildman–Crippen LogP) is 1.58. The van der Waals surface area contributed by atoms with E-state index in [1.165, 1.54) is 5.57 Å². The number of hydrogen-bond donors (Lipinski definition) is 1. The SMILES string of the molecule is CCN(CC)CCC(C)=CN. The summed E-state index contributed by atoms with van der Waals surface area (Å²) < 4.78 is 0. The topological polar surface area (TPSA) is 29.3 Å². The molecule has 0 bridgehead atoms. The minimum absolute atomic E-state index is 1.10. The van der Waals surface area contributed by atoms with E-state index in [2.05, 4.69) is 25.7 Å². The molecule has 2 nitrogen and oxygen atoms in total. The third-order valence-electron chi connectivity index (χ3n) is 2.00. The lowest BCUT2D eigenvalue weighted by molar-refractivity contribution is 0.307. The summed E-state index contributed by atoms with van der Waals surface area (Å²) in [5.41, 5.74) is 6.64. The molecular formula is C9H20N2. The number of rotatable bonds is 5. The second-order valence-corrected chi connectivity index (χ2v) is 2.79. The first kappa shape index (κ1) is 10.5. The van der Waals surface area contributed by atoms with E-state index < -0.39 is 0 Å². The Morgan fingerprint density at radius 1 is 1.36 bits per heavy atom. The van der Waals surface area contributed by atoms with E-state index in [0.29, 0.717) is 0 Å². The standard InChI is InChI=1S/C9H20N2/c1-4-11(5-2)7-6-9(3)8-10/h8H,4-7,10H2,1-3H3. The van der Waals surface area contributed by atoms with Gasteiger partial charge in [0.15, 0.2) is 0 Å². The van der Waals surface area contributed by atoms with Gasteiger partial charge in [-0.1, -0.05) is 19.4 Å². The van der Waals surface area contributed by atoms with Crippen LogP contribution in [0.5, 0.6) is 0 Å². The molecule has 0 aliphatic heterocycles. The fourth-order valence-corrected chi connectivity index (χ4v) is 0.958. The quantitative estimate of drug-likeness (QED) is 0.655. The summed E-state index contributed by atoms with van der Waals surface area (Å²) in [6.07, 6.45) is 2.79. The van der Waals surface area contributed by atoms with E-state index in [9.17, 15) is 0 Å². The van der Waals surface area contributed by atoms with Gasteiger partial charge in [0.1, 0.15) is 0 Å². The van der Waals surface area contributed by atoms with Gasteiger partial charge in [0.05, 0.1) is 0 Å². The molecule has 0 rings (SSSR count). The highest BCUT2D eigenvalue weighted by Gasteiger charge is 1.97. The minimum Gasteiger partial charge on any atom is -0.405 e. The number of nitrogens with two attached hydrogens (primary N) is 1. The maximum absolute atomic E-state index is 5.36. The van der Waals surface area contributed by atoms with Crippen molar-refractivity contribution in [2.75, 3.05) is 19.6 Å². The molecule has 0 spiro atoms. The number of nitrogens with zero attached hydrogens (tertiary/aromatic N) is 1. The molecule has 0 unspecified atom stereocenters. The molecule has 0 saturated carbocycles. The Labute approximate surface area is 70.1 Å². The Hall–Kier alpha value is -0.500. The lowest BCUT2D eigenvalue weighted by Crippen LogP contribution is -2.24. The van der Waals surface area contributed by atoms with Gasteiger partial charge < -0.3 is 10.6 Å². The molecule has 0 aromatic carbocycles. The van der Waals surface area contributed by atoms with Crippen LogP contribution in [-0.2, 0) is 0 Å². The average molecular weight is 156 g/mol. The molecule has 0 aromatic rings. The van der Waals surface area contributed by atoms with Gasteiger partial charge in [-0.2, -0.15) is 0 Å². The fraction of sp³-hybridized carbons (Fsp3) is 0.778. The summed E-state index contributed by atoms with van der Waals surface area (Å²) in [7, 11) is 0. The Kier molecular flexibility index (Phi) is 5.94. The molecule has 66 valence electrons. The van der Waals surface area contributed by atoms with Crippen LogP contribution in [0.3, 0.4) is 0 Å². The van der Waals surface area contributed by atoms with E-state index in [1.807, 2.05) is 0 Å². The van der Waals surface area contributed by atoms with Gasteiger partial charge >= 0.3 is 0 Å². The van der Waals surface area contributed by atoms with Crippen LogP contribution in [0.15, 0.2) is 11.8 Å². The Morgan fingerprint density at radius 3 is 2.27 bits per heavy atom. The van der Waals surface area contributed by atoms with Crippen molar-refractivity contribution in [3.8, 4) is 0 Å². The second-order valence-electron chi connectivity index (χ2n) is 2.79. The zero-order valence-electron chi connectivity index (χ0n) is 7.93. The van der Waals surface area contributed by atoms with E-state index in [-0.39, 0.29) is 0 Å². The molecule has 0 amide bonds. The Balaban J connectivity index is 3.50. The lowest BCUT2D eigenvalue weighted by atomic mass is 10.2. The third-order valence-corrected chi connectivity index (χ3v) is 2.00. The van der Waals surface area contributed by atoms with Crippen molar-refractivity contribution in [3.63, 3.8) is 0 Å². The molecule has 0 radical (unpaired) electrons. The van der Waals surface area contributed by atoms with Gasteiger partial charge in [-0.15, -0.1) is 0 Å². The van der Waals surface area contributed by atoms with Gasteiger partial charge in [0.25, 0.3) is 0 Å². The third kappa shape index (κ3) is 4.85. The van der Waals surface area contributed by atoms with Gasteiger partial charge in [-0.05, 0) is 32.6 Å². The number of hydrogen-bond acceptors (Lipinski definition) is 2. The van der Waals surface area contributed by atoms with Crippen molar-refractivity contribution < 1.29 is 0 Å². The molecule has 0 fully saturated rings. The first-order valence-corrected chi connectivity index (χ1v) is 4.34. The van der Waals surface area contributed by atoms with Crippen molar-refractivity contribution in [2.45, 2.75) is 27.2 Å². The highest BCUT2D eigenvalue weighted by molar-refractivity contribution is 4.94. The minimum atomic E-state index is 1.10. The first-order chi connectivity index (χ1) is 5.24. The van der Waals surface area contributed by atoms with Gasteiger partial charge in [0.2, 0.25) is 0 Å². The normalized spacial score (nSPS) is 12.5. The van der Waals surface area contributed by atoms with Crippen LogP contribution < -0.4 is 5.73 Å². The molecule has 0 aromatic heterocycles. The smallest absolute Gasteiger partial charge is 0.00189 e. The molecule has 11 heavy (non-hydrogen) atoms. The van der Waals surface area contributed by atoms with E-state index in [4.69, 9.17) is 5.73 Å². The van der Waals surface area contributed by atoms with Crippen LogP contribution >= 0.6 is 0 Å². The highest BCUT2D eigenvalue weighted by Crippen LogP contribution is 1.99. The fourth-order valence-electron chi connectivity index (χ4n) is 0.958. The summed E-state index contributed by atoms with van der Waals surface area (Å²) in [4.78, 5) is 2.40. The van der Waals surface area contributed by atoms with Crippen molar-refractivity contribution in [3.05, 3.63) is 11.8 Å². The molecular weight excluding hydrogens is 136 g/mol. The zero-order valence-corrected chi connectivity index (χ0v) is 7.93. The summed E-state index contributed by atoms with van der Waals surface area (Å²) >= 11 is 0. The van der Waals surface area contributed by atoms with Crippen LogP contribution in [0.4, 0.5) is 0 Å². The van der Waals surface area contributed by atoms with E-state index in [0.717, 1.165) is 26.1 Å². The van der Waals surface area contributed by atoms with Crippen LogP contribution in [0, 0.1) is 0 Å². The Morgan fingerprint density at radius 2 is 1.91 bits per heavy atom. The zero-order chi connectivity index (χ0) is 8.69. The summed E-state index contributed by atoms with van der Waals surface area (Å²) in [6, 6.07) is 0. The van der Waals surface area contributed by atoms with E-state index >= 15 is 0 Å². The maximum Gasteiger partial charge on any atom is 0.00189 e. The van der Waals surface area contributed by atoms with Crippen molar-refractivity contribution in [1.82, 2.24) is 4.90 Å². The summed E-state index contributed by atoms with van der Waals surface area (Å²) in [5, 5.41) is 0. The Bertz CT molecular complexity index is 115. The van der Waals surface area contributed by atoms with Crippen molar-refractivity contribution in [1.29, 1.82) is 0 Å². The van der Waals surface area contributed by atoms with Crippen LogP contribution in [0.2, 0.25) is 0 Å². The first-order valence-electron chi connectivity index (χ1n) is 4.34.